The highest BCUT2D eigenvalue weighted by Crippen LogP contribution is 2.27. The molecule has 0 aromatic heterocycles. The molecule has 0 saturated heterocycles. The minimum absolute atomic E-state index is 0.0625. The number of aliphatic hydroxyl groups excluding tert-OH is 1. The van der Waals surface area contributed by atoms with Gasteiger partial charge in [-0.15, -0.1) is 0 Å². The van der Waals surface area contributed by atoms with E-state index >= 15 is 0 Å². The number of aromatic hydroxyl groups is 1. The van der Waals surface area contributed by atoms with Crippen molar-refractivity contribution in [2.45, 2.75) is 58.8 Å². The first-order valence-electron chi connectivity index (χ1n) is 9.14. The van der Waals surface area contributed by atoms with Gasteiger partial charge in [0.05, 0.1) is 6.61 Å². The number of hydrogen-bond acceptors (Lipinski definition) is 4. The fourth-order valence-electron chi connectivity index (χ4n) is 2.27. The first-order chi connectivity index (χ1) is 12.1. The molecule has 0 radical (unpaired) electrons. The van der Waals surface area contributed by atoms with Crippen LogP contribution in [0.5, 0.6) is 11.5 Å². The molecule has 0 atom stereocenters. The molecule has 0 bridgehead atoms. The van der Waals surface area contributed by atoms with Crippen molar-refractivity contribution in [1.82, 2.24) is 0 Å². The molecule has 1 aromatic rings. The predicted molar refractivity (Wildman–Crippen MR) is 102 cm³/mol. The molecule has 1 aromatic carbocycles. The molecule has 0 aliphatic heterocycles. The van der Waals surface area contributed by atoms with E-state index in [-0.39, 0.29) is 17.3 Å². The number of hydrogen-bond donors (Lipinski definition) is 2. The lowest BCUT2D eigenvalue weighted by molar-refractivity contribution is -0.114. The number of carbonyl (C=O) groups is 1. The summed E-state index contributed by atoms with van der Waals surface area (Å²) in [4.78, 5) is 11.8. The van der Waals surface area contributed by atoms with Crippen molar-refractivity contribution in [3.8, 4) is 11.5 Å². The molecule has 0 spiro atoms. The van der Waals surface area contributed by atoms with E-state index in [1.807, 2.05) is 0 Å². The van der Waals surface area contributed by atoms with Crippen molar-refractivity contribution >= 4 is 11.9 Å². The van der Waals surface area contributed by atoms with Gasteiger partial charge >= 0.3 is 0 Å². The highest BCUT2D eigenvalue weighted by atomic mass is 16.5. The Morgan fingerprint density at radius 2 is 1.88 bits per heavy atom. The van der Waals surface area contributed by atoms with Crippen molar-refractivity contribution in [2.75, 3.05) is 6.61 Å². The Bertz CT molecular complexity index is 588. The van der Waals surface area contributed by atoms with Gasteiger partial charge in [-0.25, -0.2) is 0 Å². The van der Waals surface area contributed by atoms with Gasteiger partial charge in [0.15, 0.2) is 17.3 Å². The van der Waals surface area contributed by atoms with Crippen LogP contribution in [0.4, 0.5) is 0 Å². The summed E-state index contributed by atoms with van der Waals surface area (Å²) in [5, 5.41) is 19.7. The molecule has 0 unspecified atom stereocenters. The number of ketones is 1. The number of phenolic OH excluding ortho intramolecular Hbond substituents is 1. The van der Waals surface area contributed by atoms with Gasteiger partial charge in [-0.2, -0.15) is 0 Å². The van der Waals surface area contributed by atoms with E-state index in [4.69, 9.17) is 4.74 Å². The van der Waals surface area contributed by atoms with E-state index in [0.29, 0.717) is 18.8 Å². The predicted octanol–water partition coefficient (Wildman–Crippen LogP) is 5.57. The SMILES string of the molecule is CCCCCCC(=O)C=C(O)C=Cc1ccc(O)c(OCCCC)c1. The molecule has 4 heteroatoms. The van der Waals surface area contributed by atoms with Crippen LogP contribution in [-0.4, -0.2) is 22.6 Å². The maximum Gasteiger partial charge on any atom is 0.161 e. The van der Waals surface area contributed by atoms with Crippen molar-refractivity contribution in [3.63, 3.8) is 0 Å². The quantitative estimate of drug-likeness (QED) is 0.225. The van der Waals surface area contributed by atoms with Gasteiger partial charge in [0, 0.05) is 12.5 Å². The third kappa shape index (κ3) is 8.99. The number of rotatable bonds is 12. The molecule has 0 amide bonds. The Labute approximate surface area is 150 Å². The molecule has 2 N–H and O–H groups in total. The van der Waals surface area contributed by atoms with Gasteiger partial charge < -0.3 is 14.9 Å². The second-order valence-electron chi connectivity index (χ2n) is 6.11. The van der Waals surface area contributed by atoms with Crippen molar-refractivity contribution in [3.05, 3.63) is 41.7 Å². The van der Waals surface area contributed by atoms with Crippen LogP contribution in [-0.2, 0) is 4.79 Å². The zero-order valence-electron chi connectivity index (χ0n) is 15.3. The molecule has 4 nitrogen and oxygen atoms in total. The van der Waals surface area contributed by atoms with Gasteiger partial charge in [0.1, 0.15) is 5.76 Å². The first-order valence-corrected chi connectivity index (χ1v) is 9.14. The van der Waals surface area contributed by atoms with Gasteiger partial charge in [-0.05, 0) is 36.6 Å². The van der Waals surface area contributed by atoms with Gasteiger partial charge in [0.25, 0.3) is 0 Å². The maximum atomic E-state index is 11.8. The normalized spacial score (nSPS) is 11.8. The van der Waals surface area contributed by atoms with E-state index in [2.05, 4.69) is 13.8 Å². The Balaban J connectivity index is 2.59. The van der Waals surface area contributed by atoms with Crippen LogP contribution >= 0.6 is 0 Å². The Kier molecular flexibility index (Phi) is 10.1. The lowest BCUT2D eigenvalue weighted by Gasteiger charge is -2.08. The van der Waals surface area contributed by atoms with E-state index < -0.39 is 0 Å². The molecule has 0 aliphatic rings. The van der Waals surface area contributed by atoms with Crippen LogP contribution in [0.25, 0.3) is 6.08 Å². The van der Waals surface area contributed by atoms with Gasteiger partial charge in [-0.1, -0.05) is 51.7 Å². The second-order valence-corrected chi connectivity index (χ2v) is 6.11. The number of benzene rings is 1. The molecule has 0 aliphatic carbocycles. The van der Waals surface area contributed by atoms with Crippen LogP contribution in [0.1, 0.15) is 64.4 Å². The number of ether oxygens (including phenoxy) is 1. The average molecular weight is 346 g/mol. The zero-order valence-corrected chi connectivity index (χ0v) is 15.3. The molecule has 0 fully saturated rings. The Morgan fingerprint density at radius 3 is 2.60 bits per heavy atom. The third-order valence-corrected chi connectivity index (χ3v) is 3.77. The largest absolute Gasteiger partial charge is 0.508 e. The monoisotopic (exact) mass is 346 g/mol. The molecule has 1 rings (SSSR count). The summed E-state index contributed by atoms with van der Waals surface area (Å²) in [6.07, 6.45) is 11.0. The highest BCUT2D eigenvalue weighted by molar-refractivity contribution is 5.90. The standard InChI is InChI=1S/C21H30O4/c1-3-5-7-8-9-18(22)16-19(23)12-10-17-11-13-20(24)21(15-17)25-14-6-4-2/h10-13,15-16,23-24H,3-9,14H2,1-2H3. The topological polar surface area (TPSA) is 66.8 Å². The summed E-state index contributed by atoms with van der Waals surface area (Å²) < 4.78 is 5.54. The number of carbonyl (C=O) groups excluding carboxylic acids is 1. The summed E-state index contributed by atoms with van der Waals surface area (Å²) >= 11 is 0. The van der Waals surface area contributed by atoms with Crippen LogP contribution < -0.4 is 4.74 Å². The number of unbranched alkanes of at least 4 members (excludes halogenated alkanes) is 4. The number of phenols is 1. The van der Waals surface area contributed by atoms with Crippen LogP contribution in [0.2, 0.25) is 0 Å². The molecular formula is C21H30O4. The lowest BCUT2D eigenvalue weighted by Crippen LogP contribution is -1.97. The van der Waals surface area contributed by atoms with Gasteiger partial charge in [-0.3, -0.25) is 4.79 Å². The number of aliphatic hydroxyl groups is 1. The Morgan fingerprint density at radius 1 is 1.12 bits per heavy atom. The summed E-state index contributed by atoms with van der Waals surface area (Å²) in [5.74, 6) is 0.385. The summed E-state index contributed by atoms with van der Waals surface area (Å²) in [7, 11) is 0. The van der Waals surface area contributed by atoms with Crippen molar-refractivity contribution in [2.24, 2.45) is 0 Å². The fourth-order valence-corrected chi connectivity index (χ4v) is 2.27. The Hall–Kier alpha value is -2.23. The van der Waals surface area contributed by atoms with E-state index in [1.54, 1.807) is 24.3 Å². The third-order valence-electron chi connectivity index (χ3n) is 3.77. The maximum absolute atomic E-state index is 11.8. The molecule has 0 saturated carbocycles. The number of allylic oxidation sites excluding steroid dienone is 2. The van der Waals surface area contributed by atoms with Crippen molar-refractivity contribution < 1.29 is 19.7 Å². The summed E-state index contributed by atoms with van der Waals surface area (Å²) in [6, 6.07) is 4.99. The van der Waals surface area contributed by atoms with Crippen LogP contribution in [0.3, 0.4) is 0 Å². The molecule has 25 heavy (non-hydrogen) atoms. The van der Waals surface area contributed by atoms with Gasteiger partial charge in [0.2, 0.25) is 0 Å². The van der Waals surface area contributed by atoms with Crippen LogP contribution in [0, 0.1) is 0 Å². The molecular weight excluding hydrogens is 316 g/mol. The first kappa shape index (κ1) is 20.8. The highest BCUT2D eigenvalue weighted by Gasteiger charge is 2.03. The van der Waals surface area contributed by atoms with Crippen LogP contribution in [0.15, 0.2) is 36.1 Å². The summed E-state index contributed by atoms with van der Waals surface area (Å²) in [5.41, 5.74) is 0.777. The van der Waals surface area contributed by atoms with E-state index in [1.165, 1.54) is 12.2 Å². The second kappa shape index (κ2) is 12.2. The fraction of sp³-hybridized carbons (Fsp3) is 0.476. The zero-order chi connectivity index (χ0) is 18.5. The van der Waals surface area contributed by atoms with Crippen molar-refractivity contribution in [1.29, 1.82) is 0 Å². The average Bonchev–Trinajstić information content (AvgIpc) is 2.59. The summed E-state index contributed by atoms with van der Waals surface area (Å²) in [6.45, 7) is 4.75. The van der Waals surface area contributed by atoms with E-state index in [0.717, 1.165) is 44.1 Å². The minimum Gasteiger partial charge on any atom is -0.508 e. The molecule has 138 valence electrons. The minimum atomic E-state index is -0.0676. The van der Waals surface area contributed by atoms with E-state index in [9.17, 15) is 15.0 Å². The smallest absolute Gasteiger partial charge is 0.161 e. The lowest BCUT2D eigenvalue weighted by atomic mass is 10.1. The molecule has 0 heterocycles.